The van der Waals surface area contributed by atoms with Gasteiger partial charge in [0.05, 0.1) is 4.92 Å². The molecule has 0 fully saturated rings. The molecule has 0 aliphatic carbocycles. The van der Waals surface area contributed by atoms with E-state index in [4.69, 9.17) is 0 Å². The van der Waals surface area contributed by atoms with Crippen molar-refractivity contribution in [2.45, 2.75) is 19.9 Å². The number of thiophene rings is 1. The van der Waals surface area contributed by atoms with Gasteiger partial charge >= 0.3 is 5.69 Å². The van der Waals surface area contributed by atoms with E-state index in [0.29, 0.717) is 16.4 Å². The Labute approximate surface area is 97.0 Å². The van der Waals surface area contributed by atoms with E-state index in [1.54, 1.807) is 18.9 Å². The van der Waals surface area contributed by atoms with Crippen molar-refractivity contribution in [2.75, 3.05) is 18.5 Å². The van der Waals surface area contributed by atoms with Crippen molar-refractivity contribution in [1.29, 1.82) is 0 Å². The third-order valence-electron chi connectivity index (χ3n) is 2.30. The molecule has 0 saturated carbocycles. The molecule has 88 valence electrons. The maximum Gasteiger partial charge on any atom is 0.303 e. The second kappa shape index (κ2) is 5.02. The lowest BCUT2D eigenvalue weighted by Crippen LogP contribution is -2.15. The SMILES string of the molecule is CCN(C)c1sc(C(C)N=O)cc1[N+](=O)[O-]. The molecule has 0 aliphatic heterocycles. The largest absolute Gasteiger partial charge is 0.361 e. The number of anilines is 1. The lowest BCUT2D eigenvalue weighted by molar-refractivity contribution is -0.383. The predicted molar refractivity (Wildman–Crippen MR) is 64.1 cm³/mol. The minimum atomic E-state index is -0.539. The molecule has 0 aromatic carbocycles. The van der Waals surface area contributed by atoms with Crippen LogP contribution >= 0.6 is 11.3 Å². The highest BCUT2D eigenvalue weighted by Crippen LogP contribution is 2.40. The lowest BCUT2D eigenvalue weighted by Gasteiger charge is -2.12. The Kier molecular flexibility index (Phi) is 3.94. The van der Waals surface area contributed by atoms with Crippen LogP contribution in [-0.4, -0.2) is 18.5 Å². The third-order valence-corrected chi connectivity index (χ3v) is 3.71. The van der Waals surface area contributed by atoms with Crippen molar-refractivity contribution < 1.29 is 4.92 Å². The van der Waals surface area contributed by atoms with Crippen LogP contribution in [0.15, 0.2) is 11.2 Å². The fourth-order valence-electron chi connectivity index (χ4n) is 1.20. The van der Waals surface area contributed by atoms with Gasteiger partial charge in [-0.25, -0.2) is 0 Å². The third kappa shape index (κ3) is 2.35. The summed E-state index contributed by atoms with van der Waals surface area (Å²) >= 11 is 1.24. The molecule has 0 aliphatic rings. The van der Waals surface area contributed by atoms with Crippen molar-refractivity contribution in [3.8, 4) is 0 Å². The average molecular weight is 243 g/mol. The molecule has 6 nitrogen and oxygen atoms in total. The second-order valence-corrected chi connectivity index (χ2v) is 4.45. The van der Waals surface area contributed by atoms with Crippen LogP contribution in [0.3, 0.4) is 0 Å². The zero-order valence-electron chi connectivity index (χ0n) is 9.34. The van der Waals surface area contributed by atoms with Crippen molar-refractivity contribution >= 4 is 22.0 Å². The summed E-state index contributed by atoms with van der Waals surface area (Å²) in [6, 6.07) is 0.890. The van der Waals surface area contributed by atoms with Gasteiger partial charge in [0.15, 0.2) is 5.00 Å². The van der Waals surface area contributed by atoms with E-state index in [9.17, 15) is 15.0 Å². The Hall–Kier alpha value is -1.50. The molecule has 0 N–H and O–H groups in total. The summed E-state index contributed by atoms with van der Waals surface area (Å²) in [5, 5.41) is 14.3. The van der Waals surface area contributed by atoms with Gasteiger partial charge in [-0.15, -0.1) is 11.3 Å². The molecule has 7 heteroatoms. The molecule has 0 amide bonds. The molecule has 1 unspecified atom stereocenters. The van der Waals surface area contributed by atoms with Gasteiger partial charge < -0.3 is 4.90 Å². The summed E-state index contributed by atoms with van der Waals surface area (Å²) in [5.41, 5.74) is 0.0415. The first-order valence-corrected chi connectivity index (χ1v) is 5.64. The Morgan fingerprint density at radius 3 is 2.75 bits per heavy atom. The van der Waals surface area contributed by atoms with Gasteiger partial charge in [-0.1, -0.05) is 5.18 Å². The van der Waals surface area contributed by atoms with E-state index in [-0.39, 0.29) is 5.69 Å². The topological polar surface area (TPSA) is 75.8 Å². The maximum atomic E-state index is 10.8. The van der Waals surface area contributed by atoms with Crippen LogP contribution < -0.4 is 4.90 Å². The van der Waals surface area contributed by atoms with E-state index in [1.807, 2.05) is 6.92 Å². The quantitative estimate of drug-likeness (QED) is 0.452. The highest BCUT2D eigenvalue weighted by atomic mass is 32.1. The number of nitro groups is 1. The summed E-state index contributed by atoms with van der Waals surface area (Å²) < 4.78 is 0. The summed E-state index contributed by atoms with van der Waals surface area (Å²) in [6.45, 7) is 4.20. The van der Waals surface area contributed by atoms with E-state index >= 15 is 0 Å². The molecule has 1 aromatic rings. The molecule has 1 aromatic heterocycles. The minimum absolute atomic E-state index is 0.0415. The van der Waals surface area contributed by atoms with Gasteiger partial charge in [-0.2, -0.15) is 4.91 Å². The molecule has 0 bridgehead atoms. The Morgan fingerprint density at radius 2 is 2.31 bits per heavy atom. The van der Waals surface area contributed by atoms with Crippen LogP contribution in [0.4, 0.5) is 10.7 Å². The first kappa shape index (κ1) is 12.6. The molecular weight excluding hydrogens is 230 g/mol. The van der Waals surface area contributed by atoms with Crippen LogP contribution in [0.25, 0.3) is 0 Å². The Bertz CT molecular complexity index is 405. The molecule has 0 radical (unpaired) electrons. The van der Waals surface area contributed by atoms with Gasteiger partial charge in [0, 0.05) is 24.5 Å². The highest BCUT2D eigenvalue weighted by molar-refractivity contribution is 7.16. The van der Waals surface area contributed by atoms with E-state index in [2.05, 4.69) is 5.18 Å². The molecule has 1 heterocycles. The van der Waals surface area contributed by atoms with Gasteiger partial charge in [-0.3, -0.25) is 10.1 Å². The summed E-state index contributed by atoms with van der Waals surface area (Å²) in [7, 11) is 1.78. The zero-order chi connectivity index (χ0) is 12.3. The summed E-state index contributed by atoms with van der Waals surface area (Å²) in [6.07, 6.45) is 0. The number of rotatable bonds is 5. The standard InChI is InChI=1S/C9H13N3O3S/c1-4-11(3)9-7(12(14)15)5-8(16-9)6(2)10-13/h5-6H,4H2,1-3H3. The summed E-state index contributed by atoms with van der Waals surface area (Å²) in [4.78, 5) is 23.2. The fraction of sp³-hybridized carbons (Fsp3) is 0.556. The highest BCUT2D eigenvalue weighted by Gasteiger charge is 2.23. The van der Waals surface area contributed by atoms with E-state index in [0.717, 1.165) is 0 Å². The first-order chi connectivity index (χ1) is 7.51. The van der Waals surface area contributed by atoms with E-state index < -0.39 is 11.0 Å². The number of nitrogens with zero attached hydrogens (tertiary/aromatic N) is 3. The van der Waals surface area contributed by atoms with Crippen LogP contribution in [0.1, 0.15) is 24.8 Å². The summed E-state index contributed by atoms with van der Waals surface area (Å²) in [5.74, 6) is 0. The molecular formula is C9H13N3O3S. The van der Waals surface area contributed by atoms with Crippen molar-refractivity contribution in [1.82, 2.24) is 0 Å². The zero-order valence-corrected chi connectivity index (χ0v) is 10.2. The van der Waals surface area contributed by atoms with Crippen molar-refractivity contribution in [3.05, 3.63) is 26.0 Å². The van der Waals surface area contributed by atoms with Crippen LogP contribution in [-0.2, 0) is 0 Å². The maximum absolute atomic E-state index is 10.8. The fourth-order valence-corrected chi connectivity index (χ4v) is 2.33. The molecule has 0 saturated heterocycles. The van der Waals surface area contributed by atoms with Gasteiger partial charge in [-0.05, 0) is 13.8 Å². The van der Waals surface area contributed by atoms with Crippen LogP contribution in [0.5, 0.6) is 0 Å². The monoisotopic (exact) mass is 243 g/mol. The molecule has 1 atom stereocenters. The second-order valence-electron chi connectivity index (χ2n) is 3.39. The van der Waals surface area contributed by atoms with Crippen molar-refractivity contribution in [3.63, 3.8) is 0 Å². The minimum Gasteiger partial charge on any atom is -0.361 e. The van der Waals surface area contributed by atoms with Crippen molar-refractivity contribution in [2.24, 2.45) is 5.18 Å². The van der Waals surface area contributed by atoms with Gasteiger partial charge in [0.25, 0.3) is 0 Å². The Morgan fingerprint density at radius 1 is 1.69 bits per heavy atom. The number of hydrogen-bond donors (Lipinski definition) is 0. The number of nitroso groups, excluding NO2 is 1. The number of hydrogen-bond acceptors (Lipinski definition) is 6. The smallest absolute Gasteiger partial charge is 0.303 e. The molecule has 0 spiro atoms. The Balaban J connectivity index is 3.19. The first-order valence-electron chi connectivity index (χ1n) is 4.83. The molecule has 16 heavy (non-hydrogen) atoms. The lowest BCUT2D eigenvalue weighted by atomic mass is 10.3. The van der Waals surface area contributed by atoms with Gasteiger partial charge in [0.1, 0.15) is 6.04 Å². The van der Waals surface area contributed by atoms with Crippen LogP contribution in [0, 0.1) is 15.0 Å². The normalized spacial score (nSPS) is 12.2. The molecule has 1 rings (SSSR count). The van der Waals surface area contributed by atoms with Crippen LogP contribution in [0.2, 0.25) is 0 Å². The predicted octanol–water partition coefficient (Wildman–Crippen LogP) is 2.94. The average Bonchev–Trinajstić information content (AvgIpc) is 2.71. The van der Waals surface area contributed by atoms with Gasteiger partial charge in [0.2, 0.25) is 0 Å². The van der Waals surface area contributed by atoms with E-state index in [1.165, 1.54) is 17.4 Å².